The minimum atomic E-state index is -0.423. The van der Waals surface area contributed by atoms with Crippen molar-refractivity contribution >= 4 is 0 Å². The van der Waals surface area contributed by atoms with E-state index in [-0.39, 0.29) is 0 Å². The zero-order valence-electron chi connectivity index (χ0n) is 9.96. The molecular formula is C14H19N. The Morgan fingerprint density at radius 2 is 1.93 bits per heavy atom. The average Bonchev–Trinajstić information content (AvgIpc) is 2.14. The molecule has 0 aliphatic heterocycles. The number of hydrogen-bond acceptors (Lipinski definition) is 1. The third kappa shape index (κ3) is 4.18. The lowest BCUT2D eigenvalue weighted by Crippen LogP contribution is -2.29. The van der Waals surface area contributed by atoms with Crippen molar-refractivity contribution in [1.82, 2.24) is 0 Å². The summed E-state index contributed by atoms with van der Waals surface area (Å²) < 4.78 is 0. The van der Waals surface area contributed by atoms with Gasteiger partial charge in [0.1, 0.15) is 0 Å². The van der Waals surface area contributed by atoms with Crippen LogP contribution in [-0.4, -0.2) is 5.54 Å². The van der Waals surface area contributed by atoms with E-state index in [4.69, 9.17) is 5.73 Å². The molecule has 0 aromatic heterocycles. The summed E-state index contributed by atoms with van der Waals surface area (Å²) in [7, 11) is 0. The van der Waals surface area contributed by atoms with E-state index in [2.05, 4.69) is 37.8 Å². The van der Waals surface area contributed by atoms with Crippen LogP contribution < -0.4 is 5.73 Å². The van der Waals surface area contributed by atoms with Gasteiger partial charge >= 0.3 is 0 Å². The number of hydrogen-bond donors (Lipinski definition) is 1. The van der Waals surface area contributed by atoms with Gasteiger partial charge in [-0.25, -0.2) is 0 Å². The topological polar surface area (TPSA) is 26.0 Å². The molecule has 0 unspecified atom stereocenters. The van der Waals surface area contributed by atoms with Gasteiger partial charge in [-0.3, -0.25) is 0 Å². The molecule has 0 heterocycles. The van der Waals surface area contributed by atoms with Gasteiger partial charge in [-0.1, -0.05) is 37.8 Å². The molecule has 15 heavy (non-hydrogen) atoms. The lowest BCUT2D eigenvalue weighted by molar-refractivity contribution is 0.680. The highest BCUT2D eigenvalue weighted by Crippen LogP contribution is 2.14. The summed E-state index contributed by atoms with van der Waals surface area (Å²) in [5.41, 5.74) is 7.74. The first kappa shape index (κ1) is 11.8. The maximum Gasteiger partial charge on any atom is 0.0722 e. The SMILES string of the molecule is CC(C)c1cccc(C#CC(C)(C)N)c1. The molecule has 0 saturated heterocycles. The normalized spacial score (nSPS) is 11.1. The summed E-state index contributed by atoms with van der Waals surface area (Å²) in [6.07, 6.45) is 0. The molecule has 1 nitrogen and oxygen atoms in total. The Labute approximate surface area is 92.7 Å². The van der Waals surface area contributed by atoms with Crippen LogP contribution in [0.25, 0.3) is 0 Å². The Morgan fingerprint density at radius 1 is 1.27 bits per heavy atom. The fraction of sp³-hybridized carbons (Fsp3) is 0.429. The van der Waals surface area contributed by atoms with E-state index in [0.717, 1.165) is 5.56 Å². The van der Waals surface area contributed by atoms with Gasteiger partial charge in [-0.2, -0.15) is 0 Å². The molecule has 1 aromatic carbocycles. The van der Waals surface area contributed by atoms with Crippen LogP contribution in [0.5, 0.6) is 0 Å². The second-order valence-electron chi connectivity index (χ2n) is 4.75. The first-order valence-electron chi connectivity index (χ1n) is 5.30. The van der Waals surface area contributed by atoms with Crippen molar-refractivity contribution in [1.29, 1.82) is 0 Å². The van der Waals surface area contributed by atoms with Gasteiger partial charge in [0.15, 0.2) is 0 Å². The van der Waals surface area contributed by atoms with Crippen molar-refractivity contribution in [3.05, 3.63) is 35.4 Å². The predicted octanol–water partition coefficient (Wildman–Crippen LogP) is 2.90. The smallest absolute Gasteiger partial charge is 0.0722 e. The third-order valence-corrected chi connectivity index (χ3v) is 2.08. The summed E-state index contributed by atoms with van der Waals surface area (Å²) in [6.45, 7) is 8.18. The summed E-state index contributed by atoms with van der Waals surface area (Å²) in [6, 6.07) is 8.32. The van der Waals surface area contributed by atoms with Gasteiger partial charge in [0.2, 0.25) is 0 Å². The molecule has 0 amide bonds. The Morgan fingerprint density at radius 3 is 2.47 bits per heavy atom. The minimum Gasteiger partial charge on any atom is -0.316 e. The van der Waals surface area contributed by atoms with Gasteiger partial charge in [0.05, 0.1) is 5.54 Å². The molecule has 2 N–H and O–H groups in total. The van der Waals surface area contributed by atoms with Crippen molar-refractivity contribution in [2.24, 2.45) is 5.73 Å². The second kappa shape index (κ2) is 4.51. The fourth-order valence-corrected chi connectivity index (χ4v) is 1.21. The van der Waals surface area contributed by atoms with E-state index in [1.807, 2.05) is 26.0 Å². The van der Waals surface area contributed by atoms with Gasteiger partial charge < -0.3 is 5.73 Å². The standard InChI is InChI=1S/C14H19N/c1-11(2)13-7-5-6-12(10-13)8-9-14(3,4)15/h5-7,10-11H,15H2,1-4H3. The van der Waals surface area contributed by atoms with E-state index < -0.39 is 5.54 Å². The van der Waals surface area contributed by atoms with Crippen LogP contribution in [0.2, 0.25) is 0 Å². The molecule has 0 spiro atoms. The summed E-state index contributed by atoms with van der Waals surface area (Å²) in [5, 5.41) is 0. The van der Waals surface area contributed by atoms with E-state index in [1.165, 1.54) is 5.56 Å². The minimum absolute atomic E-state index is 0.423. The van der Waals surface area contributed by atoms with Crippen molar-refractivity contribution in [3.8, 4) is 11.8 Å². The average molecular weight is 201 g/mol. The highest BCUT2D eigenvalue weighted by Gasteiger charge is 2.04. The Balaban J connectivity index is 2.95. The number of rotatable bonds is 1. The molecule has 0 radical (unpaired) electrons. The maximum atomic E-state index is 5.81. The molecule has 0 saturated carbocycles. The first-order chi connectivity index (χ1) is 6.88. The Kier molecular flexibility index (Phi) is 3.55. The zero-order chi connectivity index (χ0) is 11.5. The summed E-state index contributed by atoms with van der Waals surface area (Å²) in [4.78, 5) is 0. The van der Waals surface area contributed by atoms with Crippen LogP contribution in [-0.2, 0) is 0 Å². The Bertz CT molecular complexity index is 386. The summed E-state index contributed by atoms with van der Waals surface area (Å²) in [5.74, 6) is 6.68. The molecule has 80 valence electrons. The predicted molar refractivity (Wildman–Crippen MR) is 65.7 cm³/mol. The van der Waals surface area contributed by atoms with Crippen LogP contribution >= 0.6 is 0 Å². The molecular weight excluding hydrogens is 182 g/mol. The maximum absolute atomic E-state index is 5.81. The van der Waals surface area contributed by atoms with Crippen molar-refractivity contribution < 1.29 is 0 Å². The van der Waals surface area contributed by atoms with Crippen LogP contribution in [0.3, 0.4) is 0 Å². The zero-order valence-corrected chi connectivity index (χ0v) is 9.96. The van der Waals surface area contributed by atoms with Crippen molar-refractivity contribution in [2.75, 3.05) is 0 Å². The van der Waals surface area contributed by atoms with Gasteiger partial charge in [-0.15, -0.1) is 0 Å². The molecule has 0 aliphatic rings. The molecule has 0 fully saturated rings. The highest BCUT2D eigenvalue weighted by atomic mass is 14.7. The number of benzene rings is 1. The van der Waals surface area contributed by atoms with Crippen molar-refractivity contribution in [3.63, 3.8) is 0 Å². The van der Waals surface area contributed by atoms with E-state index >= 15 is 0 Å². The van der Waals surface area contributed by atoms with Crippen LogP contribution in [0.1, 0.15) is 44.7 Å². The Hall–Kier alpha value is -1.26. The van der Waals surface area contributed by atoms with Crippen molar-refractivity contribution in [2.45, 2.75) is 39.2 Å². The van der Waals surface area contributed by atoms with Gasteiger partial charge in [0.25, 0.3) is 0 Å². The van der Waals surface area contributed by atoms with E-state index in [0.29, 0.717) is 5.92 Å². The molecule has 1 heteroatoms. The van der Waals surface area contributed by atoms with Gasteiger partial charge in [0, 0.05) is 5.56 Å². The van der Waals surface area contributed by atoms with Gasteiger partial charge in [-0.05, 0) is 37.5 Å². The summed E-state index contributed by atoms with van der Waals surface area (Å²) >= 11 is 0. The third-order valence-electron chi connectivity index (χ3n) is 2.08. The molecule has 0 atom stereocenters. The van der Waals surface area contributed by atoms with Crippen LogP contribution in [0, 0.1) is 11.8 Å². The first-order valence-corrected chi connectivity index (χ1v) is 5.30. The molecule has 1 aromatic rings. The van der Waals surface area contributed by atoms with Crippen LogP contribution in [0.15, 0.2) is 24.3 Å². The fourth-order valence-electron chi connectivity index (χ4n) is 1.21. The molecule has 0 aliphatic carbocycles. The van der Waals surface area contributed by atoms with Crippen LogP contribution in [0.4, 0.5) is 0 Å². The molecule has 1 rings (SSSR count). The van der Waals surface area contributed by atoms with E-state index in [1.54, 1.807) is 0 Å². The lowest BCUT2D eigenvalue weighted by Gasteiger charge is -2.08. The second-order valence-corrected chi connectivity index (χ2v) is 4.75. The molecule has 0 bridgehead atoms. The van der Waals surface area contributed by atoms with E-state index in [9.17, 15) is 0 Å². The quantitative estimate of drug-likeness (QED) is 0.695. The largest absolute Gasteiger partial charge is 0.316 e. The highest BCUT2D eigenvalue weighted by molar-refractivity contribution is 5.39. The lowest BCUT2D eigenvalue weighted by atomic mass is 10.0. The monoisotopic (exact) mass is 201 g/mol. The number of nitrogens with two attached hydrogens (primary N) is 1.